The quantitative estimate of drug-likeness (QED) is 0.910. The number of aryl methyl sites for hydroxylation is 1. The molecule has 1 heterocycles. The van der Waals surface area contributed by atoms with Crippen LogP contribution in [0.3, 0.4) is 0 Å². The van der Waals surface area contributed by atoms with Crippen molar-refractivity contribution in [2.75, 3.05) is 6.54 Å². The highest BCUT2D eigenvalue weighted by atomic mass is 16.2. The highest BCUT2D eigenvalue weighted by molar-refractivity contribution is 5.86. The lowest BCUT2D eigenvalue weighted by molar-refractivity contribution is -0.139. The van der Waals surface area contributed by atoms with Crippen molar-refractivity contribution in [1.29, 1.82) is 0 Å². The van der Waals surface area contributed by atoms with Gasteiger partial charge in [0.15, 0.2) is 0 Å². The standard InChI is InChI=1S/C18H24N2O2/c1-12-9-10-14(17(19)21)11-20(12)18(22)16-8-4-6-13-5-2-3-7-15(13)16/h2-3,5,7,12,14,16H,4,6,8-11H2,1H3,(H2,19,21)/t12-,14-,16-/m1/s1. The maximum absolute atomic E-state index is 13.1. The molecule has 1 fully saturated rings. The van der Waals surface area contributed by atoms with Crippen LogP contribution in [0.5, 0.6) is 0 Å². The molecule has 1 saturated heterocycles. The molecule has 3 atom stereocenters. The molecule has 1 aliphatic heterocycles. The van der Waals surface area contributed by atoms with E-state index in [0.717, 1.165) is 32.1 Å². The molecule has 2 N–H and O–H groups in total. The Kier molecular flexibility index (Phi) is 4.19. The first-order valence-electron chi connectivity index (χ1n) is 8.25. The Morgan fingerprint density at radius 2 is 1.95 bits per heavy atom. The first-order valence-corrected chi connectivity index (χ1v) is 8.25. The van der Waals surface area contributed by atoms with E-state index in [4.69, 9.17) is 5.73 Å². The number of hydrogen-bond donors (Lipinski definition) is 1. The fourth-order valence-electron chi connectivity index (χ4n) is 3.86. The zero-order chi connectivity index (χ0) is 15.7. The molecule has 0 unspecified atom stereocenters. The molecule has 0 saturated carbocycles. The minimum Gasteiger partial charge on any atom is -0.369 e. The molecule has 1 aromatic rings. The molecule has 0 spiro atoms. The van der Waals surface area contributed by atoms with E-state index in [1.807, 2.05) is 17.0 Å². The number of nitrogens with zero attached hydrogens (tertiary/aromatic N) is 1. The van der Waals surface area contributed by atoms with Crippen LogP contribution in [0, 0.1) is 5.92 Å². The fraction of sp³-hybridized carbons (Fsp3) is 0.556. The van der Waals surface area contributed by atoms with Crippen molar-refractivity contribution in [3.05, 3.63) is 35.4 Å². The third-order valence-corrected chi connectivity index (χ3v) is 5.24. The molecule has 0 bridgehead atoms. The molecule has 1 aromatic carbocycles. The van der Waals surface area contributed by atoms with E-state index in [9.17, 15) is 9.59 Å². The highest BCUT2D eigenvalue weighted by Crippen LogP contribution is 2.35. The normalized spacial score (nSPS) is 28.0. The van der Waals surface area contributed by atoms with Gasteiger partial charge in [-0.2, -0.15) is 0 Å². The Labute approximate surface area is 131 Å². The monoisotopic (exact) mass is 300 g/mol. The van der Waals surface area contributed by atoms with E-state index in [1.165, 1.54) is 11.1 Å². The first kappa shape index (κ1) is 15.1. The van der Waals surface area contributed by atoms with E-state index >= 15 is 0 Å². The van der Waals surface area contributed by atoms with Crippen LogP contribution in [0.4, 0.5) is 0 Å². The lowest BCUT2D eigenvalue weighted by atomic mass is 9.81. The van der Waals surface area contributed by atoms with Gasteiger partial charge in [0.05, 0.1) is 11.8 Å². The Balaban J connectivity index is 1.83. The minimum absolute atomic E-state index is 0.0565. The van der Waals surface area contributed by atoms with Crippen molar-refractivity contribution in [3.63, 3.8) is 0 Å². The van der Waals surface area contributed by atoms with Gasteiger partial charge in [-0.25, -0.2) is 0 Å². The Hall–Kier alpha value is -1.84. The Morgan fingerprint density at radius 3 is 2.73 bits per heavy atom. The predicted molar refractivity (Wildman–Crippen MR) is 85.2 cm³/mol. The highest BCUT2D eigenvalue weighted by Gasteiger charge is 2.36. The number of nitrogens with two attached hydrogens (primary N) is 1. The molecule has 4 nitrogen and oxygen atoms in total. The summed E-state index contributed by atoms with van der Waals surface area (Å²) >= 11 is 0. The summed E-state index contributed by atoms with van der Waals surface area (Å²) in [6, 6.07) is 8.45. The number of benzene rings is 1. The van der Waals surface area contributed by atoms with Crippen LogP contribution in [0.15, 0.2) is 24.3 Å². The number of fused-ring (bicyclic) bond motifs is 1. The molecular formula is C18H24N2O2. The summed E-state index contributed by atoms with van der Waals surface area (Å²) in [5.41, 5.74) is 7.92. The van der Waals surface area contributed by atoms with Gasteiger partial charge in [0.25, 0.3) is 0 Å². The molecule has 0 radical (unpaired) electrons. The number of carbonyl (C=O) groups excluding carboxylic acids is 2. The second-order valence-corrected chi connectivity index (χ2v) is 6.66. The van der Waals surface area contributed by atoms with Gasteiger partial charge < -0.3 is 10.6 Å². The van der Waals surface area contributed by atoms with Crippen LogP contribution < -0.4 is 5.73 Å². The van der Waals surface area contributed by atoms with E-state index in [1.54, 1.807) is 0 Å². The van der Waals surface area contributed by atoms with Crippen LogP contribution in [0.1, 0.15) is 49.7 Å². The van der Waals surface area contributed by atoms with Crippen LogP contribution in [-0.4, -0.2) is 29.3 Å². The third kappa shape index (κ3) is 2.74. The zero-order valence-electron chi connectivity index (χ0n) is 13.1. The molecule has 3 rings (SSSR count). The number of likely N-dealkylation sites (tertiary alicyclic amines) is 1. The fourth-order valence-corrected chi connectivity index (χ4v) is 3.86. The lowest BCUT2D eigenvalue weighted by Gasteiger charge is -2.40. The van der Waals surface area contributed by atoms with Gasteiger partial charge in [-0.1, -0.05) is 24.3 Å². The van der Waals surface area contributed by atoms with Crippen LogP contribution >= 0.6 is 0 Å². The summed E-state index contributed by atoms with van der Waals surface area (Å²) in [4.78, 5) is 26.5. The lowest BCUT2D eigenvalue weighted by Crippen LogP contribution is -2.50. The molecule has 2 aliphatic rings. The van der Waals surface area contributed by atoms with Crippen molar-refractivity contribution in [3.8, 4) is 0 Å². The van der Waals surface area contributed by atoms with Crippen LogP contribution in [0.25, 0.3) is 0 Å². The topological polar surface area (TPSA) is 63.4 Å². The Bertz CT molecular complexity index is 584. The second-order valence-electron chi connectivity index (χ2n) is 6.66. The number of primary amides is 1. The second kappa shape index (κ2) is 6.11. The maximum Gasteiger partial charge on any atom is 0.230 e. The minimum atomic E-state index is -0.284. The number of rotatable bonds is 2. The molecule has 0 aromatic heterocycles. The summed E-state index contributed by atoms with van der Waals surface area (Å²) in [6.45, 7) is 2.55. The predicted octanol–water partition coefficient (Wildman–Crippen LogP) is 2.22. The molecule has 4 heteroatoms. The van der Waals surface area contributed by atoms with Crippen molar-refractivity contribution in [2.24, 2.45) is 11.7 Å². The summed E-state index contributed by atoms with van der Waals surface area (Å²) in [7, 11) is 0. The average molecular weight is 300 g/mol. The van der Waals surface area contributed by atoms with Gasteiger partial charge in [-0.05, 0) is 50.2 Å². The van der Waals surface area contributed by atoms with Crippen LogP contribution in [-0.2, 0) is 16.0 Å². The van der Waals surface area contributed by atoms with E-state index in [0.29, 0.717) is 6.54 Å². The largest absolute Gasteiger partial charge is 0.369 e. The zero-order valence-corrected chi connectivity index (χ0v) is 13.1. The van der Waals surface area contributed by atoms with Gasteiger partial charge >= 0.3 is 0 Å². The van der Waals surface area contributed by atoms with E-state index < -0.39 is 0 Å². The molecule has 118 valence electrons. The molecule has 1 aliphatic carbocycles. The van der Waals surface area contributed by atoms with Crippen molar-refractivity contribution < 1.29 is 9.59 Å². The van der Waals surface area contributed by atoms with Crippen LogP contribution in [0.2, 0.25) is 0 Å². The summed E-state index contributed by atoms with van der Waals surface area (Å²) < 4.78 is 0. The van der Waals surface area contributed by atoms with Gasteiger partial charge in [-0.15, -0.1) is 0 Å². The van der Waals surface area contributed by atoms with Crippen molar-refractivity contribution >= 4 is 11.8 Å². The average Bonchev–Trinajstić information content (AvgIpc) is 2.54. The maximum atomic E-state index is 13.1. The third-order valence-electron chi connectivity index (χ3n) is 5.24. The number of amides is 2. The van der Waals surface area contributed by atoms with E-state index in [-0.39, 0.29) is 29.7 Å². The van der Waals surface area contributed by atoms with Gasteiger partial charge in [-0.3, -0.25) is 9.59 Å². The first-order chi connectivity index (χ1) is 10.6. The van der Waals surface area contributed by atoms with Gasteiger partial charge in [0.2, 0.25) is 11.8 Å². The van der Waals surface area contributed by atoms with Crippen molar-refractivity contribution in [2.45, 2.75) is 51.0 Å². The summed E-state index contributed by atoms with van der Waals surface area (Å²) in [6.07, 6.45) is 4.66. The molecular weight excluding hydrogens is 276 g/mol. The van der Waals surface area contributed by atoms with E-state index in [2.05, 4.69) is 19.1 Å². The molecule has 22 heavy (non-hydrogen) atoms. The molecule has 2 amide bonds. The van der Waals surface area contributed by atoms with Crippen molar-refractivity contribution in [1.82, 2.24) is 4.90 Å². The summed E-state index contributed by atoms with van der Waals surface area (Å²) in [5.74, 6) is -0.364. The number of hydrogen-bond acceptors (Lipinski definition) is 2. The number of carbonyl (C=O) groups is 2. The van der Waals surface area contributed by atoms with Gasteiger partial charge in [0.1, 0.15) is 0 Å². The summed E-state index contributed by atoms with van der Waals surface area (Å²) in [5, 5.41) is 0. The Morgan fingerprint density at radius 1 is 1.18 bits per heavy atom. The smallest absolute Gasteiger partial charge is 0.230 e. The SMILES string of the molecule is C[C@@H]1CC[C@@H](C(N)=O)CN1C(=O)[C@@H]1CCCc2ccccc21. The van der Waals surface area contributed by atoms with Gasteiger partial charge in [0, 0.05) is 12.6 Å². The number of piperidine rings is 1.